The molecule has 2 heterocycles. The van der Waals surface area contributed by atoms with Crippen LogP contribution < -0.4 is 4.90 Å². The monoisotopic (exact) mass is 339 g/mol. The molecule has 0 aliphatic carbocycles. The number of methoxy groups -OCH3 is 1. The lowest BCUT2D eigenvalue weighted by Gasteiger charge is -2.41. The molecule has 0 saturated carbocycles. The lowest BCUT2D eigenvalue weighted by atomic mass is 10.1. The standard InChI is InChI=1S/C19H21N3O3/c1-14-13-21(17-7-5-15(6-8-17)19(24)25-2)10-11-22(14)18(23)16-4-3-9-20-12-16/h3-9,12,14H,10-11,13H2,1-2H3/t14-/m1/s1. The number of carbonyl (C=O) groups is 2. The Bertz CT molecular complexity index is 746. The van der Waals surface area contributed by atoms with Gasteiger partial charge in [0, 0.05) is 43.8 Å². The minimum absolute atomic E-state index is 0.0151. The number of ether oxygens (including phenoxy) is 1. The van der Waals surface area contributed by atoms with Gasteiger partial charge in [0.25, 0.3) is 5.91 Å². The average molecular weight is 339 g/mol. The first-order chi connectivity index (χ1) is 12.1. The van der Waals surface area contributed by atoms with Gasteiger partial charge in [0.05, 0.1) is 18.2 Å². The molecule has 1 aliphatic rings. The quantitative estimate of drug-likeness (QED) is 0.803. The van der Waals surface area contributed by atoms with Crippen molar-refractivity contribution >= 4 is 17.6 Å². The zero-order valence-electron chi connectivity index (χ0n) is 14.4. The van der Waals surface area contributed by atoms with E-state index < -0.39 is 0 Å². The highest BCUT2D eigenvalue weighted by Crippen LogP contribution is 2.21. The molecule has 130 valence electrons. The summed E-state index contributed by atoms with van der Waals surface area (Å²) in [4.78, 5) is 32.3. The predicted octanol–water partition coefficient (Wildman–Crippen LogP) is 2.22. The number of rotatable bonds is 3. The average Bonchev–Trinajstić information content (AvgIpc) is 2.67. The van der Waals surface area contributed by atoms with Crippen molar-refractivity contribution in [2.45, 2.75) is 13.0 Å². The molecule has 0 N–H and O–H groups in total. The number of pyridine rings is 1. The first-order valence-electron chi connectivity index (χ1n) is 8.24. The van der Waals surface area contributed by atoms with E-state index >= 15 is 0 Å². The summed E-state index contributed by atoms with van der Waals surface area (Å²) in [5.74, 6) is -0.326. The molecule has 0 unspecified atom stereocenters. The maximum Gasteiger partial charge on any atom is 0.337 e. The van der Waals surface area contributed by atoms with Crippen LogP contribution >= 0.6 is 0 Å². The Morgan fingerprint density at radius 2 is 1.88 bits per heavy atom. The molecule has 0 spiro atoms. The summed E-state index contributed by atoms with van der Waals surface area (Å²) >= 11 is 0. The second kappa shape index (κ2) is 7.34. The van der Waals surface area contributed by atoms with Crippen LogP contribution in [-0.2, 0) is 4.74 Å². The van der Waals surface area contributed by atoms with Crippen LogP contribution in [0.2, 0.25) is 0 Å². The second-order valence-electron chi connectivity index (χ2n) is 6.07. The van der Waals surface area contributed by atoms with Gasteiger partial charge in [0.1, 0.15) is 0 Å². The summed E-state index contributed by atoms with van der Waals surface area (Å²) in [6.07, 6.45) is 3.27. The van der Waals surface area contributed by atoms with Gasteiger partial charge in [-0.15, -0.1) is 0 Å². The summed E-state index contributed by atoms with van der Waals surface area (Å²) in [5.41, 5.74) is 2.18. The third kappa shape index (κ3) is 3.63. The van der Waals surface area contributed by atoms with Crippen molar-refractivity contribution in [1.29, 1.82) is 0 Å². The fourth-order valence-electron chi connectivity index (χ4n) is 3.08. The van der Waals surface area contributed by atoms with Crippen LogP contribution in [0.4, 0.5) is 5.69 Å². The molecule has 1 aromatic heterocycles. The van der Waals surface area contributed by atoms with Crippen molar-refractivity contribution in [3.63, 3.8) is 0 Å². The van der Waals surface area contributed by atoms with Crippen LogP contribution in [0.3, 0.4) is 0 Å². The number of nitrogens with zero attached hydrogens (tertiary/aromatic N) is 3. The Morgan fingerprint density at radius 3 is 2.48 bits per heavy atom. The number of benzene rings is 1. The minimum Gasteiger partial charge on any atom is -0.465 e. The van der Waals surface area contributed by atoms with Crippen LogP contribution in [0.15, 0.2) is 48.8 Å². The lowest BCUT2D eigenvalue weighted by Crippen LogP contribution is -2.54. The third-order valence-corrected chi connectivity index (χ3v) is 4.45. The topological polar surface area (TPSA) is 62.7 Å². The van der Waals surface area contributed by atoms with E-state index in [1.165, 1.54) is 7.11 Å². The van der Waals surface area contributed by atoms with Crippen LogP contribution in [0.1, 0.15) is 27.6 Å². The molecule has 0 bridgehead atoms. The normalized spacial score (nSPS) is 17.3. The van der Waals surface area contributed by atoms with E-state index in [4.69, 9.17) is 4.74 Å². The Kier molecular flexibility index (Phi) is 4.97. The number of amides is 1. The molecule has 1 aromatic carbocycles. The number of aromatic nitrogens is 1. The minimum atomic E-state index is -0.341. The van der Waals surface area contributed by atoms with E-state index in [9.17, 15) is 9.59 Å². The largest absolute Gasteiger partial charge is 0.465 e. The van der Waals surface area contributed by atoms with Gasteiger partial charge < -0.3 is 14.5 Å². The summed E-state index contributed by atoms with van der Waals surface area (Å²) in [6.45, 7) is 4.17. The number of carbonyl (C=O) groups excluding carboxylic acids is 2. The fourth-order valence-corrected chi connectivity index (χ4v) is 3.08. The molecule has 25 heavy (non-hydrogen) atoms. The van der Waals surface area contributed by atoms with E-state index in [0.29, 0.717) is 17.7 Å². The number of hydrogen-bond donors (Lipinski definition) is 0. The van der Waals surface area contributed by atoms with Crippen molar-refractivity contribution in [2.75, 3.05) is 31.6 Å². The van der Waals surface area contributed by atoms with E-state index in [2.05, 4.69) is 9.88 Å². The Hall–Kier alpha value is -2.89. The molecular weight excluding hydrogens is 318 g/mol. The maximum absolute atomic E-state index is 12.6. The summed E-state index contributed by atoms with van der Waals surface area (Å²) in [6, 6.07) is 11.0. The van der Waals surface area contributed by atoms with Gasteiger partial charge in [-0.3, -0.25) is 9.78 Å². The molecule has 1 amide bonds. The number of hydrogen-bond acceptors (Lipinski definition) is 5. The Morgan fingerprint density at radius 1 is 1.12 bits per heavy atom. The highest BCUT2D eigenvalue weighted by molar-refractivity contribution is 5.94. The van der Waals surface area contributed by atoms with Crippen LogP contribution in [0.25, 0.3) is 0 Å². The van der Waals surface area contributed by atoms with E-state index in [1.54, 1.807) is 36.7 Å². The van der Waals surface area contributed by atoms with Gasteiger partial charge in [-0.1, -0.05) is 0 Å². The first-order valence-corrected chi connectivity index (χ1v) is 8.24. The Balaban J connectivity index is 1.67. The molecule has 0 radical (unpaired) electrons. The first kappa shape index (κ1) is 17.0. The third-order valence-electron chi connectivity index (χ3n) is 4.45. The molecule has 1 aliphatic heterocycles. The Labute approximate surface area is 147 Å². The van der Waals surface area contributed by atoms with Crippen LogP contribution in [0.5, 0.6) is 0 Å². The molecular formula is C19H21N3O3. The highest BCUT2D eigenvalue weighted by Gasteiger charge is 2.28. The zero-order chi connectivity index (χ0) is 17.8. The second-order valence-corrected chi connectivity index (χ2v) is 6.07. The molecule has 2 aromatic rings. The number of piperazine rings is 1. The van der Waals surface area contributed by atoms with Gasteiger partial charge in [-0.2, -0.15) is 0 Å². The molecule has 1 saturated heterocycles. The van der Waals surface area contributed by atoms with Crippen molar-refractivity contribution in [3.8, 4) is 0 Å². The van der Waals surface area contributed by atoms with Crippen LogP contribution in [-0.4, -0.2) is 54.5 Å². The van der Waals surface area contributed by atoms with Crippen molar-refractivity contribution < 1.29 is 14.3 Å². The number of anilines is 1. The maximum atomic E-state index is 12.6. The van der Waals surface area contributed by atoms with Gasteiger partial charge in [-0.05, 0) is 43.3 Å². The van der Waals surface area contributed by atoms with Crippen molar-refractivity contribution in [2.24, 2.45) is 0 Å². The number of esters is 1. The van der Waals surface area contributed by atoms with E-state index in [0.717, 1.165) is 18.8 Å². The van der Waals surface area contributed by atoms with Crippen LogP contribution in [0, 0.1) is 0 Å². The van der Waals surface area contributed by atoms with Crippen molar-refractivity contribution in [3.05, 3.63) is 59.9 Å². The van der Waals surface area contributed by atoms with Gasteiger partial charge in [0.2, 0.25) is 0 Å². The lowest BCUT2D eigenvalue weighted by molar-refractivity contribution is 0.0599. The fraction of sp³-hybridized carbons (Fsp3) is 0.316. The van der Waals surface area contributed by atoms with Crippen molar-refractivity contribution in [1.82, 2.24) is 9.88 Å². The van der Waals surface area contributed by atoms with E-state index in [-0.39, 0.29) is 17.9 Å². The molecule has 1 atom stereocenters. The molecule has 6 nitrogen and oxygen atoms in total. The molecule has 3 rings (SSSR count). The predicted molar refractivity (Wildman–Crippen MR) is 94.7 cm³/mol. The molecule has 6 heteroatoms. The highest BCUT2D eigenvalue weighted by atomic mass is 16.5. The smallest absolute Gasteiger partial charge is 0.337 e. The SMILES string of the molecule is COC(=O)c1ccc(N2CCN(C(=O)c3cccnc3)[C@H](C)C2)cc1. The van der Waals surface area contributed by atoms with Gasteiger partial charge in [0.15, 0.2) is 0 Å². The summed E-state index contributed by atoms with van der Waals surface area (Å²) in [7, 11) is 1.37. The van der Waals surface area contributed by atoms with Gasteiger partial charge in [-0.25, -0.2) is 4.79 Å². The van der Waals surface area contributed by atoms with E-state index in [1.807, 2.05) is 24.0 Å². The zero-order valence-corrected chi connectivity index (χ0v) is 14.4. The summed E-state index contributed by atoms with van der Waals surface area (Å²) < 4.78 is 4.72. The molecule has 1 fully saturated rings. The van der Waals surface area contributed by atoms with Gasteiger partial charge >= 0.3 is 5.97 Å². The summed E-state index contributed by atoms with van der Waals surface area (Å²) in [5, 5.41) is 0.